The molecule has 0 saturated heterocycles. The molecular weight excluding hydrogens is 268 g/mol. The molecule has 5 heteroatoms. The lowest BCUT2D eigenvalue weighted by Crippen LogP contribution is -2.29. The lowest BCUT2D eigenvalue weighted by Gasteiger charge is -2.18. The predicted molar refractivity (Wildman–Crippen MR) is 83.0 cm³/mol. The summed E-state index contributed by atoms with van der Waals surface area (Å²) in [5, 5.41) is 6.06. The van der Waals surface area contributed by atoms with Crippen LogP contribution in [0.25, 0.3) is 0 Å². The van der Waals surface area contributed by atoms with Gasteiger partial charge in [0.25, 0.3) is 0 Å². The van der Waals surface area contributed by atoms with E-state index in [1.807, 2.05) is 38.1 Å². The number of anilines is 1. The van der Waals surface area contributed by atoms with Crippen LogP contribution in [0, 0.1) is 5.92 Å². The minimum absolute atomic E-state index is 0.0792. The molecule has 0 heterocycles. The fourth-order valence-electron chi connectivity index (χ4n) is 1.93. The topological polar surface area (TPSA) is 67.4 Å². The van der Waals surface area contributed by atoms with Gasteiger partial charge in [-0.1, -0.05) is 19.1 Å². The number of ether oxygens (including phenoxy) is 1. The van der Waals surface area contributed by atoms with E-state index in [1.54, 1.807) is 6.92 Å². The molecule has 0 fully saturated rings. The van der Waals surface area contributed by atoms with Crippen molar-refractivity contribution in [1.82, 2.24) is 5.32 Å². The molecule has 21 heavy (non-hydrogen) atoms. The zero-order valence-corrected chi connectivity index (χ0v) is 13.1. The molecule has 1 aromatic carbocycles. The van der Waals surface area contributed by atoms with Gasteiger partial charge in [0.1, 0.15) is 0 Å². The highest BCUT2D eigenvalue weighted by molar-refractivity contribution is 5.88. The van der Waals surface area contributed by atoms with Gasteiger partial charge in [-0.05, 0) is 31.5 Å². The van der Waals surface area contributed by atoms with Gasteiger partial charge >= 0.3 is 5.97 Å². The molecule has 5 nitrogen and oxygen atoms in total. The smallest absolute Gasteiger partial charge is 0.309 e. The van der Waals surface area contributed by atoms with Crippen molar-refractivity contribution >= 4 is 17.6 Å². The Morgan fingerprint density at radius 3 is 2.62 bits per heavy atom. The van der Waals surface area contributed by atoms with Crippen LogP contribution in [0.1, 0.15) is 39.3 Å². The molecule has 0 aliphatic carbocycles. The van der Waals surface area contributed by atoms with Crippen molar-refractivity contribution < 1.29 is 14.3 Å². The first kappa shape index (κ1) is 17.2. The van der Waals surface area contributed by atoms with Crippen LogP contribution in [-0.2, 0) is 14.3 Å². The van der Waals surface area contributed by atoms with Crippen LogP contribution in [0.3, 0.4) is 0 Å². The van der Waals surface area contributed by atoms with Gasteiger partial charge in [-0.2, -0.15) is 0 Å². The SMILES string of the molecule is CCOC(=O)C(C)CNC(C)c1cccc(NC(C)=O)c1. The average Bonchev–Trinajstić information content (AvgIpc) is 2.44. The van der Waals surface area contributed by atoms with Gasteiger partial charge in [-0.25, -0.2) is 0 Å². The second-order valence-electron chi connectivity index (χ2n) is 5.09. The van der Waals surface area contributed by atoms with E-state index >= 15 is 0 Å². The van der Waals surface area contributed by atoms with Crippen LogP contribution in [0.5, 0.6) is 0 Å². The maximum absolute atomic E-state index is 11.6. The highest BCUT2D eigenvalue weighted by atomic mass is 16.5. The first-order chi connectivity index (χ1) is 9.93. The molecule has 2 atom stereocenters. The number of amides is 1. The van der Waals surface area contributed by atoms with E-state index in [2.05, 4.69) is 10.6 Å². The molecule has 0 spiro atoms. The first-order valence-corrected chi connectivity index (χ1v) is 7.21. The lowest BCUT2D eigenvalue weighted by atomic mass is 10.1. The molecular formula is C16H24N2O3. The van der Waals surface area contributed by atoms with Gasteiger partial charge in [0.05, 0.1) is 12.5 Å². The summed E-state index contributed by atoms with van der Waals surface area (Å²) in [7, 11) is 0. The fourth-order valence-corrected chi connectivity index (χ4v) is 1.93. The second-order valence-corrected chi connectivity index (χ2v) is 5.09. The first-order valence-electron chi connectivity index (χ1n) is 7.21. The Bertz CT molecular complexity index is 488. The Balaban J connectivity index is 2.57. The van der Waals surface area contributed by atoms with Crippen molar-refractivity contribution in [2.75, 3.05) is 18.5 Å². The van der Waals surface area contributed by atoms with Crippen LogP contribution < -0.4 is 10.6 Å². The normalized spacial score (nSPS) is 13.3. The minimum atomic E-state index is -0.191. The van der Waals surface area contributed by atoms with Crippen LogP contribution in [0.2, 0.25) is 0 Å². The highest BCUT2D eigenvalue weighted by Gasteiger charge is 2.15. The minimum Gasteiger partial charge on any atom is -0.466 e. The Morgan fingerprint density at radius 2 is 2.00 bits per heavy atom. The van der Waals surface area contributed by atoms with Crippen molar-refractivity contribution in [2.45, 2.75) is 33.7 Å². The van der Waals surface area contributed by atoms with Crippen LogP contribution in [-0.4, -0.2) is 25.0 Å². The number of hydrogen-bond donors (Lipinski definition) is 2. The molecule has 0 aromatic heterocycles. The van der Waals surface area contributed by atoms with Gasteiger partial charge in [0.15, 0.2) is 0 Å². The zero-order valence-electron chi connectivity index (χ0n) is 13.1. The van der Waals surface area contributed by atoms with E-state index in [9.17, 15) is 9.59 Å². The monoisotopic (exact) mass is 292 g/mol. The van der Waals surface area contributed by atoms with Crippen LogP contribution in [0.15, 0.2) is 24.3 Å². The number of esters is 1. The summed E-state index contributed by atoms with van der Waals surface area (Å²) in [6, 6.07) is 7.73. The summed E-state index contributed by atoms with van der Waals surface area (Å²) in [6.45, 7) is 8.08. The molecule has 0 bridgehead atoms. The third-order valence-electron chi connectivity index (χ3n) is 3.13. The molecule has 2 N–H and O–H groups in total. The Morgan fingerprint density at radius 1 is 1.29 bits per heavy atom. The van der Waals surface area contributed by atoms with E-state index in [4.69, 9.17) is 4.74 Å². The molecule has 1 amide bonds. The van der Waals surface area contributed by atoms with E-state index in [0.717, 1.165) is 11.3 Å². The number of carbonyl (C=O) groups is 2. The molecule has 116 valence electrons. The second kappa shape index (κ2) is 8.42. The summed E-state index contributed by atoms with van der Waals surface area (Å²) < 4.78 is 4.98. The number of rotatable bonds is 7. The Labute approximate surface area is 126 Å². The highest BCUT2D eigenvalue weighted by Crippen LogP contribution is 2.17. The summed E-state index contributed by atoms with van der Waals surface area (Å²) in [6.07, 6.45) is 0. The van der Waals surface area contributed by atoms with Crippen molar-refractivity contribution in [3.63, 3.8) is 0 Å². The van der Waals surface area contributed by atoms with Gasteiger partial charge in [0, 0.05) is 25.2 Å². The third kappa shape index (κ3) is 5.95. The van der Waals surface area contributed by atoms with E-state index in [1.165, 1.54) is 6.92 Å². The number of nitrogens with one attached hydrogen (secondary N) is 2. The third-order valence-corrected chi connectivity index (χ3v) is 3.13. The molecule has 2 unspecified atom stereocenters. The predicted octanol–water partition coefficient (Wildman–Crippen LogP) is 2.49. The molecule has 0 aliphatic heterocycles. The summed E-state index contributed by atoms with van der Waals surface area (Å²) in [4.78, 5) is 22.6. The van der Waals surface area contributed by atoms with Crippen molar-refractivity contribution in [3.05, 3.63) is 29.8 Å². The lowest BCUT2D eigenvalue weighted by molar-refractivity contribution is -0.147. The van der Waals surface area contributed by atoms with Crippen molar-refractivity contribution in [1.29, 1.82) is 0 Å². The molecule has 1 aromatic rings. The van der Waals surface area contributed by atoms with Crippen molar-refractivity contribution in [2.24, 2.45) is 5.92 Å². The van der Waals surface area contributed by atoms with E-state index in [0.29, 0.717) is 13.2 Å². The maximum Gasteiger partial charge on any atom is 0.309 e. The van der Waals surface area contributed by atoms with Gasteiger partial charge < -0.3 is 15.4 Å². The van der Waals surface area contributed by atoms with Crippen molar-refractivity contribution in [3.8, 4) is 0 Å². The van der Waals surface area contributed by atoms with Crippen LogP contribution in [0.4, 0.5) is 5.69 Å². The number of benzene rings is 1. The summed E-state index contributed by atoms with van der Waals surface area (Å²) in [5.41, 5.74) is 1.82. The van der Waals surface area contributed by atoms with Gasteiger partial charge in [0.2, 0.25) is 5.91 Å². The molecule has 0 saturated carbocycles. The van der Waals surface area contributed by atoms with E-state index < -0.39 is 0 Å². The largest absolute Gasteiger partial charge is 0.466 e. The number of hydrogen-bond acceptors (Lipinski definition) is 4. The van der Waals surface area contributed by atoms with E-state index in [-0.39, 0.29) is 23.8 Å². The van der Waals surface area contributed by atoms with Crippen LogP contribution >= 0.6 is 0 Å². The standard InChI is InChI=1S/C16H24N2O3/c1-5-21-16(20)11(2)10-17-12(3)14-7-6-8-15(9-14)18-13(4)19/h6-9,11-12,17H,5,10H2,1-4H3,(H,18,19). The summed E-state index contributed by atoms with van der Waals surface area (Å²) >= 11 is 0. The maximum atomic E-state index is 11.6. The van der Waals surface area contributed by atoms with Gasteiger partial charge in [-0.15, -0.1) is 0 Å². The molecule has 1 rings (SSSR count). The Hall–Kier alpha value is -1.88. The Kier molecular flexibility index (Phi) is 6.88. The van der Waals surface area contributed by atoms with Gasteiger partial charge in [-0.3, -0.25) is 9.59 Å². The fraction of sp³-hybridized carbons (Fsp3) is 0.500. The summed E-state index contributed by atoms with van der Waals surface area (Å²) in [5.74, 6) is -0.473. The molecule has 0 aliphatic rings. The quantitative estimate of drug-likeness (QED) is 0.758. The number of carbonyl (C=O) groups excluding carboxylic acids is 2. The zero-order chi connectivity index (χ0) is 15.8. The average molecular weight is 292 g/mol. The molecule has 0 radical (unpaired) electrons.